The normalized spacial score (nSPS) is 8.11. The van der Waals surface area contributed by atoms with E-state index in [1.165, 1.54) is 0 Å². The third-order valence-corrected chi connectivity index (χ3v) is 1.12. The zero-order valence-electron chi connectivity index (χ0n) is 4.89. The number of halogens is 1. The number of rotatable bonds is 0. The summed E-state index contributed by atoms with van der Waals surface area (Å²) < 4.78 is 0. The fraction of sp³-hybridized carbons (Fsp3) is 0. The van der Waals surface area contributed by atoms with E-state index < -0.39 is 0 Å². The number of hydrogen-bond donors (Lipinski definition) is 0. The van der Waals surface area contributed by atoms with E-state index in [9.17, 15) is 0 Å². The fourth-order valence-corrected chi connectivity index (χ4v) is 0.750. The van der Waals surface area contributed by atoms with Gasteiger partial charge in [0.05, 0.1) is 0 Å². The molecule has 0 spiro atoms. The molecule has 1 aromatic rings. The maximum absolute atomic E-state index is 5.60. The van der Waals surface area contributed by atoms with Crippen LogP contribution in [0.15, 0.2) is 24.3 Å². The van der Waals surface area contributed by atoms with Gasteiger partial charge in [0.15, 0.2) is 0 Å². The van der Waals surface area contributed by atoms with Gasteiger partial charge in [0, 0.05) is 31.1 Å². The van der Waals surface area contributed by atoms with Gasteiger partial charge in [-0.15, -0.1) is 12.1 Å². The molecule has 46 valence electrons. The Labute approximate surface area is 84.0 Å². The summed E-state index contributed by atoms with van der Waals surface area (Å²) in [5.74, 6) is 0. The van der Waals surface area contributed by atoms with Crippen LogP contribution in [-0.2, 0) is 0 Å². The van der Waals surface area contributed by atoms with Gasteiger partial charge >= 0.3 is 0 Å². The van der Waals surface area contributed by atoms with Crippen LogP contribution in [0.4, 0.5) is 0 Å². The maximum atomic E-state index is 5.60. The Morgan fingerprint density at radius 1 is 1.33 bits per heavy atom. The van der Waals surface area contributed by atoms with Crippen LogP contribution in [0.2, 0.25) is 5.02 Å². The zero-order chi connectivity index (χ0) is 5.98. The van der Waals surface area contributed by atoms with E-state index in [2.05, 4.69) is 6.92 Å². The van der Waals surface area contributed by atoms with Crippen molar-refractivity contribution in [2.45, 2.75) is 0 Å². The van der Waals surface area contributed by atoms with E-state index in [-0.39, 0.29) is 31.1 Å². The molecule has 0 aliphatic rings. The van der Waals surface area contributed by atoms with Crippen molar-refractivity contribution in [1.29, 1.82) is 0 Å². The van der Waals surface area contributed by atoms with Crippen molar-refractivity contribution in [2.24, 2.45) is 0 Å². The first kappa shape index (κ1) is 9.43. The number of hydrogen-bond acceptors (Lipinski definition) is 0. The van der Waals surface area contributed by atoms with Crippen molar-refractivity contribution in [2.75, 3.05) is 0 Å². The second-order valence-electron chi connectivity index (χ2n) is 1.63. The molecule has 0 aromatic heterocycles. The molecular formula is C7H6ClU-. The third kappa shape index (κ3) is 3.21. The van der Waals surface area contributed by atoms with E-state index in [4.69, 9.17) is 11.6 Å². The summed E-state index contributed by atoms with van der Waals surface area (Å²) in [6.45, 7) is 3.70. The average Bonchev–Trinajstić information content (AvgIpc) is 1.64. The molecule has 0 radical (unpaired) electrons. The van der Waals surface area contributed by atoms with Crippen LogP contribution < -0.4 is 0 Å². The molecule has 0 aliphatic carbocycles. The minimum Gasteiger partial charge on any atom is -0.199 e. The van der Waals surface area contributed by atoms with E-state index in [1.54, 1.807) is 0 Å². The van der Waals surface area contributed by atoms with Gasteiger partial charge in [-0.05, 0) is 5.02 Å². The summed E-state index contributed by atoms with van der Waals surface area (Å²) in [5, 5.41) is 0.748. The Morgan fingerprint density at radius 3 is 2.33 bits per heavy atom. The van der Waals surface area contributed by atoms with Crippen LogP contribution in [-0.4, -0.2) is 0 Å². The van der Waals surface area contributed by atoms with Gasteiger partial charge in [-0.1, -0.05) is 17.7 Å². The standard InChI is InChI=1S/C7H6Cl.U/c1-6-3-2-4-7(8)5-6;/h2-5H,1H2;/q-1;. The molecule has 0 nitrogen and oxygen atoms in total. The first-order valence-corrected chi connectivity index (χ1v) is 2.74. The van der Waals surface area contributed by atoms with Crippen molar-refractivity contribution >= 4 is 11.6 Å². The molecule has 0 amide bonds. The Balaban J connectivity index is 0.000000640. The first-order valence-electron chi connectivity index (χ1n) is 2.36. The Kier molecular flexibility index (Phi) is 4.48. The van der Waals surface area contributed by atoms with Gasteiger partial charge < -0.3 is 0 Å². The van der Waals surface area contributed by atoms with Crippen LogP contribution in [0.3, 0.4) is 0 Å². The maximum Gasteiger partial charge on any atom is 0 e. The van der Waals surface area contributed by atoms with Crippen LogP contribution in [0.5, 0.6) is 0 Å². The molecule has 0 atom stereocenters. The van der Waals surface area contributed by atoms with Gasteiger partial charge in [-0.25, -0.2) is 0 Å². The van der Waals surface area contributed by atoms with Crippen LogP contribution in [0.25, 0.3) is 0 Å². The zero-order valence-corrected chi connectivity index (χ0v) is 9.81. The van der Waals surface area contributed by atoms with E-state index in [0.29, 0.717) is 0 Å². The molecule has 0 bridgehead atoms. The van der Waals surface area contributed by atoms with Crippen molar-refractivity contribution in [3.8, 4) is 0 Å². The molecule has 0 unspecified atom stereocenters. The first-order chi connectivity index (χ1) is 3.79. The van der Waals surface area contributed by atoms with Gasteiger partial charge in [-0.2, -0.15) is 18.6 Å². The van der Waals surface area contributed by atoms with Crippen molar-refractivity contribution < 1.29 is 31.1 Å². The summed E-state index contributed by atoms with van der Waals surface area (Å²) >= 11 is 5.60. The molecule has 9 heavy (non-hydrogen) atoms. The molecule has 1 rings (SSSR count). The molecule has 0 saturated heterocycles. The average molecular weight is 364 g/mol. The van der Waals surface area contributed by atoms with E-state index >= 15 is 0 Å². The van der Waals surface area contributed by atoms with Gasteiger partial charge in [0.25, 0.3) is 0 Å². The minimum atomic E-state index is 0. The SMILES string of the molecule is [CH2-]c1cccc(Cl)c1.[U]. The molecule has 0 aliphatic heterocycles. The smallest absolute Gasteiger partial charge is 0 e. The molecule has 0 fully saturated rings. The summed E-state index contributed by atoms with van der Waals surface area (Å²) in [6.07, 6.45) is 0. The largest absolute Gasteiger partial charge is 0.199 e. The minimum absolute atomic E-state index is 0. The van der Waals surface area contributed by atoms with Crippen molar-refractivity contribution in [3.63, 3.8) is 0 Å². The summed E-state index contributed by atoms with van der Waals surface area (Å²) in [6, 6.07) is 7.44. The monoisotopic (exact) mass is 363 g/mol. The molecular weight excluding hydrogens is 358 g/mol. The summed E-state index contributed by atoms with van der Waals surface area (Å²) in [5.41, 5.74) is 0.956. The molecule has 0 N–H and O–H groups in total. The predicted octanol–water partition coefficient (Wildman–Crippen LogP) is 2.52. The second kappa shape index (κ2) is 4.28. The quantitative estimate of drug-likeness (QED) is 0.622. The number of benzene rings is 1. The summed E-state index contributed by atoms with van der Waals surface area (Å²) in [7, 11) is 0. The predicted molar refractivity (Wildman–Crippen MR) is 35.9 cm³/mol. The van der Waals surface area contributed by atoms with Gasteiger partial charge in [0.2, 0.25) is 0 Å². The summed E-state index contributed by atoms with van der Waals surface area (Å²) in [4.78, 5) is 0. The Bertz CT molecular complexity index is 169. The molecule has 1 aromatic carbocycles. The van der Waals surface area contributed by atoms with E-state index in [1.807, 2.05) is 24.3 Å². The van der Waals surface area contributed by atoms with Crippen LogP contribution >= 0.6 is 11.6 Å². The van der Waals surface area contributed by atoms with Crippen LogP contribution in [0.1, 0.15) is 5.56 Å². The molecule has 0 saturated carbocycles. The van der Waals surface area contributed by atoms with Gasteiger partial charge in [-0.3, -0.25) is 0 Å². The fourth-order valence-electron chi connectivity index (χ4n) is 0.537. The molecule has 2 heteroatoms. The van der Waals surface area contributed by atoms with Crippen LogP contribution in [0, 0.1) is 38.0 Å². The third-order valence-electron chi connectivity index (χ3n) is 0.889. The van der Waals surface area contributed by atoms with E-state index in [0.717, 1.165) is 10.6 Å². The van der Waals surface area contributed by atoms with Gasteiger partial charge in [0.1, 0.15) is 0 Å². The Hall–Kier alpha value is 0.432. The molecule has 0 heterocycles. The van der Waals surface area contributed by atoms with Crippen molar-refractivity contribution in [1.82, 2.24) is 0 Å². The Morgan fingerprint density at radius 2 is 2.00 bits per heavy atom. The topological polar surface area (TPSA) is 0 Å². The van der Waals surface area contributed by atoms with Crippen molar-refractivity contribution in [3.05, 3.63) is 41.8 Å². The second-order valence-corrected chi connectivity index (χ2v) is 2.07.